The standard InChI is InChI=1S/C14H17NO/c1-12-4-2-5-13(10-12)7-8-15-11-14-6-3-9-16-14/h2-6,9-10,15H,7-8,11H2,1H3. The second kappa shape index (κ2) is 5.52. The molecule has 0 saturated heterocycles. The molecule has 1 N–H and O–H groups in total. The van der Waals surface area contributed by atoms with Gasteiger partial charge in [-0.15, -0.1) is 0 Å². The summed E-state index contributed by atoms with van der Waals surface area (Å²) in [5.41, 5.74) is 2.70. The normalized spacial score (nSPS) is 10.6. The Morgan fingerprint density at radius 1 is 1.19 bits per heavy atom. The van der Waals surface area contributed by atoms with E-state index in [9.17, 15) is 0 Å². The highest BCUT2D eigenvalue weighted by Gasteiger charge is 1.96. The van der Waals surface area contributed by atoms with Crippen LogP contribution < -0.4 is 5.32 Å². The minimum Gasteiger partial charge on any atom is -0.468 e. The molecule has 1 aromatic heterocycles. The summed E-state index contributed by atoms with van der Waals surface area (Å²) in [6, 6.07) is 12.5. The van der Waals surface area contributed by atoms with Crippen LogP contribution in [-0.4, -0.2) is 6.54 Å². The molecule has 0 amide bonds. The summed E-state index contributed by atoms with van der Waals surface area (Å²) in [5.74, 6) is 0.990. The van der Waals surface area contributed by atoms with Gasteiger partial charge in [0.25, 0.3) is 0 Å². The molecular formula is C14H17NO. The number of rotatable bonds is 5. The SMILES string of the molecule is Cc1cccc(CCNCc2ccco2)c1. The molecule has 0 spiro atoms. The molecule has 0 aliphatic heterocycles. The van der Waals surface area contributed by atoms with Crippen LogP contribution in [0.4, 0.5) is 0 Å². The minimum absolute atomic E-state index is 0.804. The van der Waals surface area contributed by atoms with Gasteiger partial charge in [-0.3, -0.25) is 0 Å². The molecule has 0 bridgehead atoms. The van der Waals surface area contributed by atoms with Gasteiger partial charge in [0, 0.05) is 0 Å². The van der Waals surface area contributed by atoms with Crippen molar-refractivity contribution in [3.8, 4) is 0 Å². The Morgan fingerprint density at radius 2 is 2.12 bits per heavy atom. The van der Waals surface area contributed by atoms with Crippen molar-refractivity contribution in [3.63, 3.8) is 0 Å². The summed E-state index contributed by atoms with van der Waals surface area (Å²) in [4.78, 5) is 0. The van der Waals surface area contributed by atoms with E-state index in [-0.39, 0.29) is 0 Å². The summed E-state index contributed by atoms with van der Waals surface area (Å²) < 4.78 is 5.24. The number of nitrogens with one attached hydrogen (secondary N) is 1. The largest absolute Gasteiger partial charge is 0.468 e. The molecule has 0 atom stereocenters. The fourth-order valence-electron chi connectivity index (χ4n) is 1.73. The van der Waals surface area contributed by atoms with Crippen LogP contribution in [0, 0.1) is 6.92 Å². The van der Waals surface area contributed by atoms with E-state index >= 15 is 0 Å². The van der Waals surface area contributed by atoms with Crippen LogP contribution in [0.5, 0.6) is 0 Å². The molecule has 84 valence electrons. The van der Waals surface area contributed by atoms with Gasteiger partial charge in [-0.2, -0.15) is 0 Å². The maximum absolute atomic E-state index is 5.24. The van der Waals surface area contributed by atoms with E-state index in [1.54, 1.807) is 6.26 Å². The van der Waals surface area contributed by atoms with Crippen molar-refractivity contribution >= 4 is 0 Å². The Morgan fingerprint density at radius 3 is 2.88 bits per heavy atom. The van der Waals surface area contributed by atoms with Gasteiger partial charge >= 0.3 is 0 Å². The van der Waals surface area contributed by atoms with Crippen LogP contribution in [0.25, 0.3) is 0 Å². The van der Waals surface area contributed by atoms with Crippen LogP contribution in [0.15, 0.2) is 47.1 Å². The van der Waals surface area contributed by atoms with Crippen molar-refractivity contribution in [2.75, 3.05) is 6.54 Å². The summed E-state index contributed by atoms with van der Waals surface area (Å²) in [5, 5.41) is 3.36. The number of benzene rings is 1. The first-order valence-electron chi connectivity index (χ1n) is 5.63. The van der Waals surface area contributed by atoms with E-state index in [0.717, 1.165) is 25.3 Å². The first kappa shape index (κ1) is 11.0. The van der Waals surface area contributed by atoms with Crippen LogP contribution in [0.2, 0.25) is 0 Å². The van der Waals surface area contributed by atoms with Crippen LogP contribution in [0.1, 0.15) is 16.9 Å². The average molecular weight is 215 g/mol. The van der Waals surface area contributed by atoms with E-state index < -0.39 is 0 Å². The average Bonchev–Trinajstić information content (AvgIpc) is 2.77. The lowest BCUT2D eigenvalue weighted by Crippen LogP contribution is -2.16. The zero-order valence-corrected chi connectivity index (χ0v) is 9.57. The molecule has 0 radical (unpaired) electrons. The smallest absolute Gasteiger partial charge is 0.117 e. The van der Waals surface area contributed by atoms with Gasteiger partial charge in [-0.25, -0.2) is 0 Å². The second-order valence-electron chi connectivity index (χ2n) is 4.00. The lowest BCUT2D eigenvalue weighted by molar-refractivity contribution is 0.484. The first-order valence-corrected chi connectivity index (χ1v) is 5.63. The third kappa shape index (κ3) is 3.24. The maximum atomic E-state index is 5.24. The highest BCUT2D eigenvalue weighted by atomic mass is 16.3. The van der Waals surface area contributed by atoms with Crippen molar-refractivity contribution < 1.29 is 4.42 Å². The van der Waals surface area contributed by atoms with Crippen LogP contribution in [0.3, 0.4) is 0 Å². The van der Waals surface area contributed by atoms with E-state index in [1.807, 2.05) is 12.1 Å². The summed E-state index contributed by atoms with van der Waals surface area (Å²) in [6.07, 6.45) is 2.76. The first-order chi connectivity index (χ1) is 7.84. The lowest BCUT2D eigenvalue weighted by atomic mass is 10.1. The number of furan rings is 1. The Balaban J connectivity index is 1.72. The molecule has 0 saturated carbocycles. The second-order valence-corrected chi connectivity index (χ2v) is 4.00. The highest BCUT2D eigenvalue weighted by molar-refractivity contribution is 5.22. The molecule has 1 aromatic carbocycles. The van der Waals surface area contributed by atoms with E-state index in [0.29, 0.717) is 0 Å². The molecule has 0 aliphatic rings. The van der Waals surface area contributed by atoms with Crippen LogP contribution >= 0.6 is 0 Å². The number of hydrogen-bond donors (Lipinski definition) is 1. The predicted molar refractivity (Wildman–Crippen MR) is 65.3 cm³/mol. The Labute approximate surface area is 96.3 Å². The van der Waals surface area contributed by atoms with Gasteiger partial charge < -0.3 is 9.73 Å². The van der Waals surface area contributed by atoms with E-state index in [4.69, 9.17) is 4.42 Å². The fraction of sp³-hybridized carbons (Fsp3) is 0.286. The summed E-state index contributed by atoms with van der Waals surface area (Å²) in [7, 11) is 0. The minimum atomic E-state index is 0.804. The van der Waals surface area contributed by atoms with Crippen molar-refractivity contribution in [3.05, 3.63) is 59.5 Å². The zero-order valence-electron chi connectivity index (χ0n) is 9.57. The monoisotopic (exact) mass is 215 g/mol. The topological polar surface area (TPSA) is 25.2 Å². The fourth-order valence-corrected chi connectivity index (χ4v) is 1.73. The molecule has 2 heteroatoms. The molecule has 0 fully saturated rings. The third-order valence-electron chi connectivity index (χ3n) is 2.55. The zero-order chi connectivity index (χ0) is 11.2. The van der Waals surface area contributed by atoms with Gasteiger partial charge in [-0.1, -0.05) is 29.8 Å². The molecule has 2 rings (SSSR count). The maximum Gasteiger partial charge on any atom is 0.117 e. The quantitative estimate of drug-likeness (QED) is 0.776. The van der Waals surface area contributed by atoms with Gasteiger partial charge in [0.1, 0.15) is 5.76 Å². The van der Waals surface area contributed by atoms with Crippen LogP contribution in [-0.2, 0) is 13.0 Å². The van der Waals surface area contributed by atoms with Gasteiger partial charge in [0.15, 0.2) is 0 Å². The molecule has 2 aromatic rings. The Hall–Kier alpha value is -1.54. The number of aryl methyl sites for hydroxylation is 1. The molecule has 16 heavy (non-hydrogen) atoms. The van der Waals surface area contributed by atoms with Crippen molar-refractivity contribution in [2.45, 2.75) is 19.9 Å². The van der Waals surface area contributed by atoms with E-state index in [1.165, 1.54) is 11.1 Å². The lowest BCUT2D eigenvalue weighted by Gasteiger charge is -2.04. The molecular weight excluding hydrogens is 198 g/mol. The number of hydrogen-bond acceptors (Lipinski definition) is 2. The predicted octanol–water partition coefficient (Wildman–Crippen LogP) is 2.92. The van der Waals surface area contributed by atoms with Crippen molar-refractivity contribution in [1.29, 1.82) is 0 Å². The molecule has 0 aliphatic carbocycles. The molecule has 2 nitrogen and oxygen atoms in total. The third-order valence-corrected chi connectivity index (χ3v) is 2.55. The van der Waals surface area contributed by atoms with E-state index in [2.05, 4.69) is 36.5 Å². The highest BCUT2D eigenvalue weighted by Crippen LogP contribution is 2.04. The summed E-state index contributed by atoms with van der Waals surface area (Å²) in [6.45, 7) is 3.91. The molecule has 0 unspecified atom stereocenters. The Bertz CT molecular complexity index is 420. The van der Waals surface area contributed by atoms with Crippen molar-refractivity contribution in [1.82, 2.24) is 5.32 Å². The van der Waals surface area contributed by atoms with Gasteiger partial charge in [0.2, 0.25) is 0 Å². The van der Waals surface area contributed by atoms with Crippen molar-refractivity contribution in [2.24, 2.45) is 0 Å². The van der Waals surface area contributed by atoms with Gasteiger partial charge in [-0.05, 0) is 37.6 Å². The Kier molecular flexibility index (Phi) is 3.78. The molecule has 1 heterocycles. The summed E-state index contributed by atoms with van der Waals surface area (Å²) >= 11 is 0. The van der Waals surface area contributed by atoms with Gasteiger partial charge in [0.05, 0.1) is 12.8 Å².